The van der Waals surface area contributed by atoms with Crippen LogP contribution in [0, 0.1) is 0 Å². The molecule has 2 amide bonds. The zero-order valence-electron chi connectivity index (χ0n) is 15.8. The van der Waals surface area contributed by atoms with E-state index in [1.165, 1.54) is 17.3 Å². The Balaban J connectivity index is 0.00000364. The number of anilines is 2. The number of carbonyl (C=O) groups excluding carboxylic acids is 2. The van der Waals surface area contributed by atoms with Crippen LogP contribution in [0.15, 0.2) is 36.9 Å². The van der Waals surface area contributed by atoms with E-state index in [0.717, 1.165) is 25.7 Å². The molecule has 0 aliphatic carbocycles. The van der Waals surface area contributed by atoms with Crippen molar-refractivity contribution in [3.63, 3.8) is 0 Å². The molecule has 1 atom stereocenters. The first-order chi connectivity index (χ1) is 12.6. The van der Waals surface area contributed by atoms with Crippen LogP contribution in [-0.2, 0) is 9.59 Å². The predicted molar refractivity (Wildman–Crippen MR) is 115 cm³/mol. The topological polar surface area (TPSA) is 115 Å². The van der Waals surface area contributed by atoms with Gasteiger partial charge < -0.3 is 16.4 Å². The Labute approximate surface area is 177 Å². The van der Waals surface area contributed by atoms with Crippen LogP contribution in [0.3, 0.4) is 0 Å². The number of aromatic nitrogens is 3. The zero-order valence-corrected chi connectivity index (χ0v) is 17.5. The second-order valence-corrected chi connectivity index (χ2v) is 6.12. The third-order valence-corrected chi connectivity index (χ3v) is 4.01. The Morgan fingerprint density at radius 2 is 1.64 bits per heavy atom. The molecule has 0 radical (unpaired) electrons. The third kappa shape index (κ3) is 8.69. The summed E-state index contributed by atoms with van der Waals surface area (Å²) in [6, 6.07) is 6.58. The Morgan fingerprint density at radius 1 is 1.04 bits per heavy atom. The van der Waals surface area contributed by atoms with Crippen molar-refractivity contribution in [2.45, 2.75) is 45.1 Å². The highest BCUT2D eigenvalue weighted by Gasteiger charge is 2.15. The minimum absolute atomic E-state index is 0. The van der Waals surface area contributed by atoms with E-state index in [1.54, 1.807) is 31.2 Å². The molecule has 2 rings (SSSR count). The maximum absolute atomic E-state index is 12.2. The molecule has 1 aromatic carbocycles. The van der Waals surface area contributed by atoms with Crippen LogP contribution in [0.25, 0.3) is 0 Å². The molecule has 4 N–H and O–H groups in total. The molecule has 1 heterocycles. The van der Waals surface area contributed by atoms with Crippen LogP contribution in [-0.4, -0.2) is 33.1 Å². The second kappa shape index (κ2) is 13.9. The summed E-state index contributed by atoms with van der Waals surface area (Å²) in [5.74, 6) is -0.195. The lowest BCUT2D eigenvalue weighted by molar-refractivity contribution is -0.119. The summed E-state index contributed by atoms with van der Waals surface area (Å²) in [7, 11) is 0. The predicted octanol–water partition coefficient (Wildman–Crippen LogP) is 3.17. The van der Waals surface area contributed by atoms with E-state index in [9.17, 15) is 9.59 Å². The molecule has 2 aromatic rings. The van der Waals surface area contributed by atoms with Crippen LogP contribution >= 0.6 is 24.8 Å². The number of halogens is 2. The quantitative estimate of drug-likeness (QED) is 0.500. The van der Waals surface area contributed by atoms with Crippen LogP contribution < -0.4 is 16.4 Å². The lowest BCUT2D eigenvalue weighted by atomic mass is 10.1. The first-order valence-corrected chi connectivity index (χ1v) is 8.85. The maximum atomic E-state index is 12.2. The SMILES string of the molecule is CC(C(=O)Nc1ccc(NC(=O)CCCCCCN)cc1)n1cncn1.Cl.Cl. The van der Waals surface area contributed by atoms with Crippen LogP contribution in [0.5, 0.6) is 0 Å². The van der Waals surface area contributed by atoms with Crippen molar-refractivity contribution >= 4 is 48.0 Å². The third-order valence-electron chi connectivity index (χ3n) is 4.01. The summed E-state index contributed by atoms with van der Waals surface area (Å²) < 4.78 is 1.48. The van der Waals surface area contributed by atoms with E-state index in [-0.39, 0.29) is 36.6 Å². The molecule has 0 saturated carbocycles. The lowest BCUT2D eigenvalue weighted by Crippen LogP contribution is -2.24. The summed E-state index contributed by atoms with van der Waals surface area (Å²) in [6.45, 7) is 2.44. The average molecular weight is 431 g/mol. The number of nitrogens with two attached hydrogens (primary N) is 1. The molecule has 0 aliphatic heterocycles. The summed E-state index contributed by atoms with van der Waals surface area (Å²) in [5, 5.41) is 9.63. The Bertz CT molecular complexity index is 695. The van der Waals surface area contributed by atoms with Gasteiger partial charge in [-0.25, -0.2) is 9.67 Å². The number of unbranched alkanes of at least 4 members (excludes halogenated alkanes) is 3. The van der Waals surface area contributed by atoms with Crippen molar-refractivity contribution < 1.29 is 9.59 Å². The van der Waals surface area contributed by atoms with E-state index in [0.29, 0.717) is 24.3 Å². The van der Waals surface area contributed by atoms with E-state index in [4.69, 9.17) is 5.73 Å². The first kappa shape index (κ1) is 25.8. The van der Waals surface area contributed by atoms with Gasteiger partial charge in [0.25, 0.3) is 0 Å². The molecule has 1 unspecified atom stereocenters. The molecule has 8 nitrogen and oxygen atoms in total. The average Bonchev–Trinajstić information content (AvgIpc) is 3.17. The molecule has 28 heavy (non-hydrogen) atoms. The number of rotatable bonds is 10. The van der Waals surface area contributed by atoms with Gasteiger partial charge in [-0.1, -0.05) is 12.8 Å². The number of carbonyl (C=O) groups is 2. The molecule has 0 saturated heterocycles. The molecule has 0 spiro atoms. The number of nitrogens with one attached hydrogen (secondary N) is 2. The number of nitrogens with zero attached hydrogens (tertiary/aromatic N) is 3. The smallest absolute Gasteiger partial charge is 0.249 e. The van der Waals surface area contributed by atoms with Gasteiger partial charge in [-0.3, -0.25) is 9.59 Å². The van der Waals surface area contributed by atoms with Gasteiger partial charge in [-0.15, -0.1) is 24.8 Å². The van der Waals surface area contributed by atoms with Gasteiger partial charge in [-0.2, -0.15) is 5.10 Å². The van der Waals surface area contributed by atoms with Crippen molar-refractivity contribution in [3.05, 3.63) is 36.9 Å². The van der Waals surface area contributed by atoms with Crippen molar-refractivity contribution in [3.8, 4) is 0 Å². The zero-order chi connectivity index (χ0) is 18.8. The fourth-order valence-electron chi connectivity index (χ4n) is 2.43. The standard InChI is InChI=1S/C18H26N6O2.2ClH/c1-14(24-13-20-12-21-24)18(26)23-16-9-7-15(8-10-16)22-17(25)6-4-2-3-5-11-19;;/h7-10,12-14H,2-6,11,19H2,1H3,(H,22,25)(H,23,26);2*1H. The van der Waals surface area contributed by atoms with Crippen molar-refractivity contribution in [2.24, 2.45) is 5.73 Å². The summed E-state index contributed by atoms with van der Waals surface area (Å²) >= 11 is 0. The summed E-state index contributed by atoms with van der Waals surface area (Å²) in [6.07, 6.45) is 7.33. The number of benzene rings is 1. The Kier molecular flexibility index (Phi) is 12.9. The van der Waals surface area contributed by atoms with Gasteiger partial charge in [-0.05, 0) is 50.6 Å². The van der Waals surface area contributed by atoms with Crippen molar-refractivity contribution in [1.82, 2.24) is 14.8 Å². The number of hydrogen-bond donors (Lipinski definition) is 3. The molecular weight excluding hydrogens is 403 g/mol. The van der Waals surface area contributed by atoms with Gasteiger partial charge in [0.05, 0.1) is 0 Å². The Hall–Kier alpha value is -2.16. The van der Waals surface area contributed by atoms with E-state index in [2.05, 4.69) is 20.7 Å². The minimum Gasteiger partial charge on any atom is -0.330 e. The fraction of sp³-hybridized carbons (Fsp3) is 0.444. The van der Waals surface area contributed by atoms with E-state index >= 15 is 0 Å². The molecule has 0 aliphatic rings. The highest BCUT2D eigenvalue weighted by Crippen LogP contribution is 2.16. The van der Waals surface area contributed by atoms with Crippen LogP contribution in [0.2, 0.25) is 0 Å². The van der Waals surface area contributed by atoms with Crippen LogP contribution in [0.1, 0.15) is 45.1 Å². The number of hydrogen-bond acceptors (Lipinski definition) is 5. The summed E-state index contributed by atoms with van der Waals surface area (Å²) in [5.41, 5.74) is 6.81. The van der Waals surface area contributed by atoms with Gasteiger partial charge in [0.2, 0.25) is 11.8 Å². The summed E-state index contributed by atoms with van der Waals surface area (Å²) in [4.78, 5) is 27.9. The van der Waals surface area contributed by atoms with Gasteiger partial charge in [0.15, 0.2) is 0 Å². The monoisotopic (exact) mass is 430 g/mol. The van der Waals surface area contributed by atoms with Crippen LogP contribution in [0.4, 0.5) is 11.4 Å². The molecule has 0 bridgehead atoms. The normalized spacial score (nSPS) is 10.9. The lowest BCUT2D eigenvalue weighted by Gasteiger charge is -2.12. The highest BCUT2D eigenvalue weighted by molar-refractivity contribution is 5.94. The fourth-order valence-corrected chi connectivity index (χ4v) is 2.43. The van der Waals surface area contributed by atoms with Crippen molar-refractivity contribution in [2.75, 3.05) is 17.2 Å². The minimum atomic E-state index is -0.462. The second-order valence-electron chi connectivity index (χ2n) is 6.12. The van der Waals surface area contributed by atoms with Gasteiger partial charge in [0, 0.05) is 17.8 Å². The molecule has 0 fully saturated rings. The maximum Gasteiger partial charge on any atom is 0.249 e. The Morgan fingerprint density at radius 3 is 2.21 bits per heavy atom. The van der Waals surface area contributed by atoms with E-state index in [1.807, 2.05) is 0 Å². The first-order valence-electron chi connectivity index (χ1n) is 8.85. The molecule has 10 heteroatoms. The highest BCUT2D eigenvalue weighted by atomic mass is 35.5. The molecule has 1 aromatic heterocycles. The van der Waals surface area contributed by atoms with Crippen molar-refractivity contribution in [1.29, 1.82) is 0 Å². The largest absolute Gasteiger partial charge is 0.330 e. The van der Waals surface area contributed by atoms with Gasteiger partial charge in [0.1, 0.15) is 18.7 Å². The molecular formula is C18H28Cl2N6O2. The van der Waals surface area contributed by atoms with E-state index < -0.39 is 6.04 Å². The molecule has 156 valence electrons. The number of amides is 2. The van der Waals surface area contributed by atoms with Gasteiger partial charge >= 0.3 is 0 Å².